The van der Waals surface area contributed by atoms with Crippen molar-refractivity contribution in [2.45, 2.75) is 25.8 Å². The molecule has 0 spiro atoms. The fourth-order valence-corrected chi connectivity index (χ4v) is 5.82. The van der Waals surface area contributed by atoms with Crippen LogP contribution in [0.15, 0.2) is 61.2 Å². The summed E-state index contributed by atoms with van der Waals surface area (Å²) in [7, 11) is -1.51. The van der Waals surface area contributed by atoms with Gasteiger partial charge in [-0.1, -0.05) is 29.8 Å². The largest absolute Gasteiger partial charge is 0.488 e. The molecule has 2 N–H and O–H groups in total. The summed E-state index contributed by atoms with van der Waals surface area (Å²) in [4.78, 5) is 11.3. The molecule has 2 aliphatic rings. The Hall–Kier alpha value is -3.04. The number of hydrogen-bond donors (Lipinski definition) is 2. The number of aromatic nitrogens is 3. The summed E-state index contributed by atoms with van der Waals surface area (Å²) in [5.41, 5.74) is 8.60. The standard InChI is InChI=1S/C28H27BClFN4O2/c30-26-13-32-8-6-24(26)25-3-1-2-19-10-21(29(36)37)4-5-23(19)28(25)20-7-9-35-17-22(33-27(35)11-20)16-34-14-18(12-31)15-34/h4-11,13,17-18,36-37H,1-3,12,14-16H2. The maximum Gasteiger partial charge on any atom is 0.488 e. The molecule has 0 bridgehead atoms. The summed E-state index contributed by atoms with van der Waals surface area (Å²) in [6, 6.07) is 11.8. The molecule has 1 saturated heterocycles. The zero-order chi connectivity index (χ0) is 25.5. The van der Waals surface area contributed by atoms with Crippen molar-refractivity contribution in [1.82, 2.24) is 19.3 Å². The minimum Gasteiger partial charge on any atom is -0.423 e. The van der Waals surface area contributed by atoms with Crippen LogP contribution in [0.4, 0.5) is 4.39 Å². The molecule has 9 heteroatoms. The fraction of sp³-hybridized carbons (Fsp3) is 0.286. The van der Waals surface area contributed by atoms with Gasteiger partial charge in [0.2, 0.25) is 0 Å². The molecule has 0 unspecified atom stereocenters. The number of rotatable bonds is 6. The van der Waals surface area contributed by atoms with Gasteiger partial charge in [-0.3, -0.25) is 14.3 Å². The highest BCUT2D eigenvalue weighted by Gasteiger charge is 2.27. The highest BCUT2D eigenvalue weighted by Crippen LogP contribution is 2.41. The first-order valence-corrected chi connectivity index (χ1v) is 13.0. The molecule has 0 atom stereocenters. The Morgan fingerprint density at radius 2 is 1.95 bits per heavy atom. The lowest BCUT2D eigenvalue weighted by Crippen LogP contribution is -2.46. The third kappa shape index (κ3) is 4.70. The normalized spacial score (nSPS) is 16.5. The van der Waals surface area contributed by atoms with Gasteiger partial charge in [-0.25, -0.2) is 4.98 Å². The van der Waals surface area contributed by atoms with E-state index in [1.165, 1.54) is 0 Å². The lowest BCUT2D eigenvalue weighted by atomic mass is 9.77. The van der Waals surface area contributed by atoms with Gasteiger partial charge in [0, 0.05) is 50.3 Å². The number of allylic oxidation sites excluding steroid dienone is 1. The first-order valence-electron chi connectivity index (χ1n) is 12.6. The van der Waals surface area contributed by atoms with Crippen LogP contribution >= 0.6 is 11.6 Å². The SMILES string of the molecule is OB(O)c1ccc2c(c1)CCCC(c1ccncc1Cl)=C2c1ccn2cc(CN3CC(CF)C3)nc2c1. The van der Waals surface area contributed by atoms with Gasteiger partial charge in [-0.05, 0) is 76.3 Å². The highest BCUT2D eigenvalue weighted by molar-refractivity contribution is 6.58. The Bertz CT molecular complexity index is 1500. The molecule has 3 aromatic heterocycles. The van der Waals surface area contributed by atoms with Crippen LogP contribution in [0.2, 0.25) is 5.02 Å². The monoisotopic (exact) mass is 516 g/mol. The van der Waals surface area contributed by atoms with Crippen LogP contribution in [0.5, 0.6) is 0 Å². The number of likely N-dealkylation sites (tertiary alicyclic amines) is 1. The molecule has 0 saturated carbocycles. The van der Waals surface area contributed by atoms with Crippen LogP contribution in [0, 0.1) is 5.92 Å². The minimum atomic E-state index is -1.51. The number of imidazole rings is 1. The zero-order valence-electron chi connectivity index (χ0n) is 20.3. The van der Waals surface area contributed by atoms with Gasteiger partial charge in [-0.2, -0.15) is 0 Å². The van der Waals surface area contributed by atoms with Crippen LogP contribution in [0.1, 0.15) is 40.8 Å². The van der Waals surface area contributed by atoms with E-state index in [4.69, 9.17) is 16.6 Å². The van der Waals surface area contributed by atoms with Crippen molar-refractivity contribution in [3.63, 3.8) is 0 Å². The summed E-state index contributed by atoms with van der Waals surface area (Å²) >= 11 is 6.64. The Morgan fingerprint density at radius 1 is 1.08 bits per heavy atom. The van der Waals surface area contributed by atoms with Crippen molar-refractivity contribution >= 4 is 41.0 Å². The summed E-state index contributed by atoms with van der Waals surface area (Å²) in [5.74, 6) is 0.150. The number of aryl methyl sites for hydroxylation is 1. The Labute approximate surface area is 220 Å². The summed E-state index contributed by atoms with van der Waals surface area (Å²) in [5, 5.41) is 20.1. The number of fused-ring (bicyclic) bond motifs is 2. The molecule has 6 nitrogen and oxygen atoms in total. The molecule has 1 aromatic carbocycles. The van der Waals surface area contributed by atoms with Gasteiger partial charge in [0.05, 0.1) is 17.4 Å². The molecule has 0 radical (unpaired) electrons. The van der Waals surface area contributed by atoms with E-state index in [2.05, 4.69) is 22.0 Å². The van der Waals surface area contributed by atoms with Crippen molar-refractivity contribution in [3.8, 4) is 0 Å². The van der Waals surface area contributed by atoms with E-state index in [0.29, 0.717) is 17.0 Å². The van der Waals surface area contributed by atoms with E-state index in [-0.39, 0.29) is 12.6 Å². The second-order valence-corrected chi connectivity index (χ2v) is 10.4. The number of hydrogen-bond acceptors (Lipinski definition) is 5. The molecular weight excluding hydrogens is 490 g/mol. The predicted molar refractivity (Wildman–Crippen MR) is 144 cm³/mol. The highest BCUT2D eigenvalue weighted by atomic mass is 35.5. The van der Waals surface area contributed by atoms with Crippen LogP contribution in [0.25, 0.3) is 16.8 Å². The van der Waals surface area contributed by atoms with Crippen LogP contribution in [0.3, 0.4) is 0 Å². The Balaban J connectivity index is 1.47. The van der Waals surface area contributed by atoms with E-state index in [1.807, 2.05) is 35.0 Å². The summed E-state index contributed by atoms with van der Waals surface area (Å²) in [6.45, 7) is 2.01. The van der Waals surface area contributed by atoms with E-state index < -0.39 is 7.12 Å². The molecule has 188 valence electrons. The van der Waals surface area contributed by atoms with Gasteiger partial charge < -0.3 is 14.4 Å². The second kappa shape index (κ2) is 10.0. The van der Waals surface area contributed by atoms with E-state index >= 15 is 0 Å². The lowest BCUT2D eigenvalue weighted by molar-refractivity contribution is 0.0727. The summed E-state index contributed by atoms with van der Waals surface area (Å²) in [6.07, 6.45) is 10.0. The van der Waals surface area contributed by atoms with Crippen molar-refractivity contribution in [1.29, 1.82) is 0 Å². The van der Waals surface area contributed by atoms with E-state index in [9.17, 15) is 14.4 Å². The van der Waals surface area contributed by atoms with Gasteiger partial charge in [0.1, 0.15) is 5.65 Å². The van der Waals surface area contributed by atoms with Crippen molar-refractivity contribution in [2.24, 2.45) is 5.92 Å². The zero-order valence-corrected chi connectivity index (χ0v) is 21.1. The smallest absolute Gasteiger partial charge is 0.423 e. The van der Waals surface area contributed by atoms with Crippen molar-refractivity contribution in [3.05, 3.63) is 94.2 Å². The van der Waals surface area contributed by atoms with E-state index in [0.717, 1.165) is 77.1 Å². The van der Waals surface area contributed by atoms with Gasteiger partial charge in [0.25, 0.3) is 0 Å². The molecule has 1 fully saturated rings. The van der Waals surface area contributed by atoms with Crippen molar-refractivity contribution in [2.75, 3.05) is 19.8 Å². The maximum atomic E-state index is 12.8. The van der Waals surface area contributed by atoms with Crippen LogP contribution in [-0.4, -0.2) is 56.2 Å². The average molecular weight is 517 g/mol. The number of pyridine rings is 2. The minimum absolute atomic E-state index is 0.150. The number of halogens is 2. The fourth-order valence-electron chi connectivity index (χ4n) is 5.59. The topological polar surface area (TPSA) is 73.9 Å². The predicted octanol–water partition coefficient (Wildman–Crippen LogP) is 3.76. The first-order chi connectivity index (χ1) is 18.0. The van der Waals surface area contributed by atoms with Gasteiger partial charge in [-0.15, -0.1) is 0 Å². The number of nitrogens with zero attached hydrogens (tertiary/aromatic N) is 4. The van der Waals surface area contributed by atoms with Crippen LogP contribution in [-0.2, 0) is 13.0 Å². The molecule has 6 rings (SSSR count). The molecule has 1 aliphatic carbocycles. The first kappa shape index (κ1) is 24.3. The Kier molecular flexibility index (Phi) is 6.59. The average Bonchev–Trinajstić information content (AvgIpc) is 3.18. The second-order valence-electron chi connectivity index (χ2n) is 9.98. The quantitative estimate of drug-likeness (QED) is 0.382. The number of benzene rings is 1. The Morgan fingerprint density at radius 3 is 2.73 bits per heavy atom. The van der Waals surface area contributed by atoms with Gasteiger partial charge in [0.15, 0.2) is 0 Å². The molecule has 0 amide bonds. The molecule has 1 aliphatic heterocycles. The van der Waals surface area contributed by atoms with Crippen LogP contribution < -0.4 is 5.46 Å². The van der Waals surface area contributed by atoms with Crippen molar-refractivity contribution < 1.29 is 14.4 Å². The van der Waals surface area contributed by atoms with Gasteiger partial charge >= 0.3 is 7.12 Å². The molecule has 4 heterocycles. The lowest BCUT2D eigenvalue weighted by Gasteiger charge is -2.37. The van der Waals surface area contributed by atoms with E-state index in [1.54, 1.807) is 18.5 Å². The molecule has 4 aromatic rings. The summed E-state index contributed by atoms with van der Waals surface area (Å²) < 4.78 is 14.8. The third-order valence-corrected chi connectivity index (χ3v) is 7.71. The number of alkyl halides is 1. The molecule has 37 heavy (non-hydrogen) atoms. The third-order valence-electron chi connectivity index (χ3n) is 7.40. The molecular formula is C28H27BClFN4O2. The maximum absolute atomic E-state index is 12.8.